The van der Waals surface area contributed by atoms with Crippen LogP contribution in [-0.2, 0) is 0 Å². The van der Waals surface area contributed by atoms with Gasteiger partial charge in [0.25, 0.3) is 0 Å². The summed E-state index contributed by atoms with van der Waals surface area (Å²) < 4.78 is 5.62. The van der Waals surface area contributed by atoms with Crippen LogP contribution in [0.25, 0.3) is 11.0 Å². The second kappa shape index (κ2) is 2.96. The molecule has 1 unspecified atom stereocenters. The number of carbonyl (C=O) groups is 1. The van der Waals surface area contributed by atoms with Gasteiger partial charge in [0.05, 0.1) is 0 Å². The lowest BCUT2D eigenvalue weighted by Gasteiger charge is -2.16. The minimum absolute atomic E-state index is 0.152. The van der Waals surface area contributed by atoms with Crippen LogP contribution in [0.4, 0.5) is 0 Å². The standard InChI is InChI=1S/C13H12O2/c1-8-6-7-10(14)13-12(8)9-4-2-3-5-11(9)15-13/h2-5,8H,6-7H2,1H3. The molecule has 1 heterocycles. The first kappa shape index (κ1) is 8.72. The third kappa shape index (κ3) is 1.14. The number of hydrogen-bond acceptors (Lipinski definition) is 2. The highest BCUT2D eigenvalue weighted by molar-refractivity contribution is 6.01. The van der Waals surface area contributed by atoms with Crippen LogP contribution in [0.1, 0.15) is 41.8 Å². The van der Waals surface area contributed by atoms with E-state index in [-0.39, 0.29) is 5.78 Å². The van der Waals surface area contributed by atoms with Gasteiger partial charge in [-0.2, -0.15) is 0 Å². The van der Waals surface area contributed by atoms with Crippen molar-refractivity contribution in [3.8, 4) is 0 Å². The molecule has 0 aliphatic heterocycles. The van der Waals surface area contributed by atoms with Gasteiger partial charge in [0.2, 0.25) is 0 Å². The zero-order chi connectivity index (χ0) is 10.4. The van der Waals surface area contributed by atoms with Crippen LogP contribution in [0, 0.1) is 0 Å². The number of rotatable bonds is 0. The Kier molecular flexibility index (Phi) is 1.72. The van der Waals surface area contributed by atoms with E-state index in [9.17, 15) is 4.79 Å². The molecular weight excluding hydrogens is 188 g/mol. The molecule has 0 fully saturated rings. The Morgan fingerprint density at radius 2 is 2.13 bits per heavy atom. The lowest BCUT2D eigenvalue weighted by atomic mass is 9.86. The Morgan fingerprint density at radius 3 is 3.00 bits per heavy atom. The molecule has 0 amide bonds. The van der Waals surface area contributed by atoms with Crippen LogP contribution in [0.2, 0.25) is 0 Å². The van der Waals surface area contributed by atoms with Crippen LogP contribution in [0.5, 0.6) is 0 Å². The average Bonchev–Trinajstić information content (AvgIpc) is 2.64. The largest absolute Gasteiger partial charge is 0.453 e. The summed E-state index contributed by atoms with van der Waals surface area (Å²) >= 11 is 0. The monoisotopic (exact) mass is 200 g/mol. The summed E-state index contributed by atoms with van der Waals surface area (Å²) in [5.74, 6) is 1.18. The van der Waals surface area contributed by atoms with E-state index < -0.39 is 0 Å². The molecule has 15 heavy (non-hydrogen) atoms. The fraction of sp³-hybridized carbons (Fsp3) is 0.308. The van der Waals surface area contributed by atoms with Crippen molar-refractivity contribution in [1.82, 2.24) is 0 Å². The highest BCUT2D eigenvalue weighted by Gasteiger charge is 2.28. The van der Waals surface area contributed by atoms with E-state index in [1.807, 2.05) is 24.3 Å². The van der Waals surface area contributed by atoms with E-state index >= 15 is 0 Å². The topological polar surface area (TPSA) is 30.2 Å². The number of ketones is 1. The number of para-hydroxylation sites is 1. The molecule has 1 aromatic heterocycles. The first-order valence-electron chi connectivity index (χ1n) is 5.32. The molecule has 0 radical (unpaired) electrons. The van der Waals surface area contributed by atoms with Gasteiger partial charge in [0.1, 0.15) is 5.58 Å². The molecule has 1 aliphatic carbocycles. The summed E-state index contributed by atoms with van der Waals surface area (Å²) in [5, 5.41) is 1.10. The quantitative estimate of drug-likeness (QED) is 0.651. The Balaban J connectivity index is 2.38. The van der Waals surface area contributed by atoms with Gasteiger partial charge < -0.3 is 4.42 Å². The Bertz CT molecular complexity index is 536. The van der Waals surface area contributed by atoms with E-state index in [0.717, 1.165) is 23.0 Å². The van der Waals surface area contributed by atoms with Gasteiger partial charge in [-0.05, 0) is 18.4 Å². The van der Waals surface area contributed by atoms with E-state index in [1.165, 1.54) is 0 Å². The van der Waals surface area contributed by atoms with Crippen LogP contribution < -0.4 is 0 Å². The summed E-state index contributed by atoms with van der Waals surface area (Å²) in [5.41, 5.74) is 1.95. The molecule has 0 N–H and O–H groups in total. The number of fused-ring (bicyclic) bond motifs is 3. The molecule has 0 bridgehead atoms. The minimum Gasteiger partial charge on any atom is -0.453 e. The average molecular weight is 200 g/mol. The summed E-state index contributed by atoms with van der Waals surface area (Å²) in [6, 6.07) is 7.89. The zero-order valence-electron chi connectivity index (χ0n) is 8.62. The van der Waals surface area contributed by atoms with Crippen molar-refractivity contribution >= 4 is 16.8 Å². The predicted molar refractivity (Wildman–Crippen MR) is 58.2 cm³/mol. The number of Topliss-reactive ketones (excluding diaryl/α,β-unsaturated/α-hetero) is 1. The summed E-state index contributed by atoms with van der Waals surface area (Å²) in [7, 11) is 0. The second-order valence-electron chi connectivity index (χ2n) is 4.20. The van der Waals surface area contributed by atoms with E-state index in [1.54, 1.807) is 0 Å². The fourth-order valence-corrected chi connectivity index (χ4v) is 2.37. The van der Waals surface area contributed by atoms with Crippen molar-refractivity contribution in [2.24, 2.45) is 0 Å². The van der Waals surface area contributed by atoms with Crippen LogP contribution in [0.3, 0.4) is 0 Å². The third-order valence-electron chi connectivity index (χ3n) is 3.18. The fourth-order valence-electron chi connectivity index (χ4n) is 2.37. The molecule has 2 aromatic rings. The number of hydrogen-bond donors (Lipinski definition) is 0. The van der Waals surface area contributed by atoms with Gasteiger partial charge >= 0.3 is 0 Å². The van der Waals surface area contributed by atoms with Gasteiger partial charge in [0.15, 0.2) is 11.5 Å². The van der Waals surface area contributed by atoms with E-state index in [2.05, 4.69) is 6.92 Å². The van der Waals surface area contributed by atoms with E-state index in [0.29, 0.717) is 18.1 Å². The predicted octanol–water partition coefficient (Wildman–Crippen LogP) is 3.51. The van der Waals surface area contributed by atoms with Crippen molar-refractivity contribution in [1.29, 1.82) is 0 Å². The maximum Gasteiger partial charge on any atom is 0.198 e. The molecule has 1 atom stereocenters. The smallest absolute Gasteiger partial charge is 0.198 e. The molecular formula is C13H12O2. The molecule has 1 aromatic carbocycles. The van der Waals surface area contributed by atoms with Crippen LogP contribution in [-0.4, -0.2) is 5.78 Å². The van der Waals surface area contributed by atoms with E-state index in [4.69, 9.17) is 4.42 Å². The summed E-state index contributed by atoms with van der Waals surface area (Å²) in [6.07, 6.45) is 1.56. The van der Waals surface area contributed by atoms with Crippen molar-refractivity contribution < 1.29 is 9.21 Å². The molecule has 0 saturated carbocycles. The maximum absolute atomic E-state index is 11.7. The first-order valence-corrected chi connectivity index (χ1v) is 5.32. The number of benzene rings is 1. The van der Waals surface area contributed by atoms with Gasteiger partial charge in [-0.25, -0.2) is 0 Å². The normalized spacial score (nSPS) is 20.6. The lowest BCUT2D eigenvalue weighted by molar-refractivity contribution is 0.0941. The van der Waals surface area contributed by atoms with Gasteiger partial charge in [-0.15, -0.1) is 0 Å². The van der Waals surface area contributed by atoms with Gasteiger partial charge in [0, 0.05) is 17.4 Å². The Hall–Kier alpha value is -1.57. The molecule has 2 heteroatoms. The van der Waals surface area contributed by atoms with Crippen molar-refractivity contribution in [3.63, 3.8) is 0 Å². The highest BCUT2D eigenvalue weighted by Crippen LogP contribution is 2.38. The molecule has 1 aliphatic rings. The highest BCUT2D eigenvalue weighted by atomic mass is 16.3. The molecule has 2 nitrogen and oxygen atoms in total. The molecule has 0 spiro atoms. The molecule has 0 saturated heterocycles. The van der Waals surface area contributed by atoms with Crippen molar-refractivity contribution in [2.75, 3.05) is 0 Å². The lowest BCUT2D eigenvalue weighted by Crippen LogP contribution is -2.11. The number of furan rings is 1. The molecule has 76 valence electrons. The summed E-state index contributed by atoms with van der Waals surface area (Å²) in [4.78, 5) is 11.7. The zero-order valence-corrected chi connectivity index (χ0v) is 8.62. The Labute approximate surface area is 87.9 Å². The van der Waals surface area contributed by atoms with Gasteiger partial charge in [-0.3, -0.25) is 4.79 Å². The van der Waals surface area contributed by atoms with Crippen LogP contribution in [0.15, 0.2) is 28.7 Å². The van der Waals surface area contributed by atoms with Crippen molar-refractivity contribution in [3.05, 3.63) is 35.6 Å². The Morgan fingerprint density at radius 1 is 1.33 bits per heavy atom. The maximum atomic E-state index is 11.7. The summed E-state index contributed by atoms with van der Waals surface area (Å²) in [6.45, 7) is 2.16. The van der Waals surface area contributed by atoms with Crippen molar-refractivity contribution in [2.45, 2.75) is 25.7 Å². The first-order chi connectivity index (χ1) is 7.27. The SMILES string of the molecule is CC1CCC(=O)c2oc3ccccc3c21. The van der Waals surface area contributed by atoms with Gasteiger partial charge in [-0.1, -0.05) is 25.1 Å². The second-order valence-corrected chi connectivity index (χ2v) is 4.20. The minimum atomic E-state index is 0.152. The number of carbonyl (C=O) groups excluding carboxylic acids is 1. The van der Waals surface area contributed by atoms with Crippen LogP contribution >= 0.6 is 0 Å². The third-order valence-corrected chi connectivity index (χ3v) is 3.18. The molecule has 3 rings (SSSR count).